The van der Waals surface area contributed by atoms with E-state index in [0.29, 0.717) is 12.1 Å². The molecule has 0 aromatic heterocycles. The Kier molecular flexibility index (Phi) is 5.08. The predicted molar refractivity (Wildman–Crippen MR) is 122 cm³/mol. The quantitative estimate of drug-likeness (QED) is 0.669. The van der Waals surface area contributed by atoms with Gasteiger partial charge in [-0.2, -0.15) is 8.42 Å². The molecule has 9 heteroatoms. The molecule has 5 rings (SSSR count). The lowest BCUT2D eigenvalue weighted by molar-refractivity contribution is -0.131. The van der Waals surface area contributed by atoms with Gasteiger partial charge in [0.1, 0.15) is 22.0 Å². The minimum absolute atomic E-state index is 0.0243. The molecule has 0 radical (unpaired) electrons. The molecule has 3 aliphatic rings. The molecule has 0 saturated heterocycles. The van der Waals surface area contributed by atoms with E-state index in [-0.39, 0.29) is 34.4 Å². The van der Waals surface area contributed by atoms with Crippen molar-refractivity contribution < 1.29 is 22.7 Å². The van der Waals surface area contributed by atoms with E-state index in [1.807, 2.05) is 12.2 Å². The Bertz CT molecular complexity index is 1350. The molecule has 2 aromatic carbocycles. The highest BCUT2D eigenvalue weighted by atomic mass is 32.2. The van der Waals surface area contributed by atoms with Crippen LogP contribution in [0.4, 0.5) is 10.1 Å². The number of aliphatic hydroxyl groups excluding tert-OH is 1. The van der Waals surface area contributed by atoms with Gasteiger partial charge in [-0.3, -0.25) is 4.79 Å². The molecular weight excluding hydrogens is 445 g/mol. The summed E-state index contributed by atoms with van der Waals surface area (Å²) in [6.07, 6.45) is 5.16. The minimum Gasteiger partial charge on any atom is -0.511 e. The van der Waals surface area contributed by atoms with Crippen LogP contribution in [0.2, 0.25) is 0 Å². The number of benzene rings is 2. The van der Waals surface area contributed by atoms with Crippen LogP contribution >= 0.6 is 0 Å². The van der Waals surface area contributed by atoms with E-state index in [1.54, 1.807) is 36.1 Å². The summed E-state index contributed by atoms with van der Waals surface area (Å²) in [4.78, 5) is 15.2. The molecule has 2 N–H and O–H groups in total. The van der Waals surface area contributed by atoms with Crippen LogP contribution < -0.4 is 5.32 Å². The number of hydrogen-bond acceptors (Lipinski definition) is 5. The lowest BCUT2D eigenvalue weighted by Crippen LogP contribution is -2.51. The number of carbonyl (C=O) groups excluding carboxylic acids is 1. The maximum absolute atomic E-state index is 13.6. The van der Waals surface area contributed by atoms with Gasteiger partial charge in [0.05, 0.1) is 11.7 Å². The summed E-state index contributed by atoms with van der Waals surface area (Å²) in [7, 11) is -4.07. The zero-order chi connectivity index (χ0) is 23.3. The highest BCUT2D eigenvalue weighted by Gasteiger charge is 2.44. The molecule has 1 amide bonds. The van der Waals surface area contributed by atoms with Crippen LogP contribution in [0, 0.1) is 18.7 Å². The number of nitrogens with zero attached hydrogens (tertiary/aromatic N) is 2. The number of aliphatic hydroxyl groups is 1. The summed E-state index contributed by atoms with van der Waals surface area (Å²) in [6, 6.07) is 10.3. The van der Waals surface area contributed by atoms with E-state index in [1.165, 1.54) is 18.2 Å². The molecule has 0 saturated carbocycles. The average Bonchev–Trinajstić information content (AvgIpc) is 2.78. The summed E-state index contributed by atoms with van der Waals surface area (Å²) in [5.74, 6) is -1.67. The van der Waals surface area contributed by atoms with E-state index >= 15 is 0 Å². The van der Waals surface area contributed by atoms with Gasteiger partial charge in [0.15, 0.2) is 5.84 Å². The standard InChI is InChI=1S/C24H22FN3O4S/c1-14-6-11-18-20(12-14)33(31,32)27-23(26-18)21-22(29)17-4-2-3-5-19(17)28(24(21)30)13-15-7-9-16(25)10-8-15/h3,5-12,17,19,29H,2,4,13H2,1H3,(H,26,27). The Morgan fingerprint density at radius 2 is 1.97 bits per heavy atom. The first-order valence-corrected chi connectivity index (χ1v) is 12.1. The van der Waals surface area contributed by atoms with Crippen LogP contribution in [0.15, 0.2) is 75.2 Å². The maximum Gasteiger partial charge on any atom is 0.286 e. The van der Waals surface area contributed by atoms with Gasteiger partial charge >= 0.3 is 0 Å². The first-order chi connectivity index (χ1) is 15.7. The topological polar surface area (TPSA) is 99.1 Å². The van der Waals surface area contributed by atoms with E-state index in [0.717, 1.165) is 17.5 Å². The summed E-state index contributed by atoms with van der Waals surface area (Å²) in [5.41, 5.74) is 1.63. The zero-order valence-corrected chi connectivity index (χ0v) is 18.6. The van der Waals surface area contributed by atoms with Gasteiger partial charge in [-0.05, 0) is 55.2 Å². The fourth-order valence-electron chi connectivity index (χ4n) is 4.57. The molecule has 170 valence electrons. The van der Waals surface area contributed by atoms with Gasteiger partial charge in [-0.25, -0.2) is 4.39 Å². The monoisotopic (exact) mass is 467 g/mol. The second-order valence-corrected chi connectivity index (χ2v) is 10.0. The van der Waals surface area contributed by atoms with Crippen molar-refractivity contribution in [3.05, 3.63) is 82.9 Å². The smallest absolute Gasteiger partial charge is 0.286 e. The van der Waals surface area contributed by atoms with Gasteiger partial charge in [0.2, 0.25) is 0 Å². The molecule has 7 nitrogen and oxygen atoms in total. The fraction of sp³-hybridized carbons (Fsp3) is 0.250. The number of anilines is 1. The fourth-order valence-corrected chi connectivity index (χ4v) is 5.78. The third kappa shape index (κ3) is 3.72. The first-order valence-electron chi connectivity index (χ1n) is 10.6. The number of amides is 1. The Morgan fingerprint density at radius 3 is 2.73 bits per heavy atom. The summed E-state index contributed by atoms with van der Waals surface area (Å²) in [5, 5.41) is 14.0. The number of carbonyl (C=O) groups is 1. The molecule has 2 aliphatic heterocycles. The van der Waals surface area contributed by atoms with Crippen molar-refractivity contribution in [3.63, 3.8) is 0 Å². The van der Waals surface area contributed by atoms with Gasteiger partial charge < -0.3 is 15.3 Å². The first kappa shape index (κ1) is 21.4. The Morgan fingerprint density at radius 1 is 1.21 bits per heavy atom. The Balaban J connectivity index is 1.59. The molecule has 2 unspecified atom stereocenters. The van der Waals surface area contributed by atoms with E-state index in [4.69, 9.17) is 0 Å². The van der Waals surface area contributed by atoms with Crippen molar-refractivity contribution in [2.45, 2.75) is 37.2 Å². The van der Waals surface area contributed by atoms with Crippen molar-refractivity contribution >= 4 is 27.5 Å². The zero-order valence-electron chi connectivity index (χ0n) is 17.8. The van der Waals surface area contributed by atoms with Crippen molar-refractivity contribution in [3.8, 4) is 0 Å². The highest BCUT2D eigenvalue weighted by molar-refractivity contribution is 7.90. The molecule has 0 spiro atoms. The Labute approximate surface area is 191 Å². The number of fused-ring (bicyclic) bond motifs is 2. The van der Waals surface area contributed by atoms with Crippen molar-refractivity contribution in [1.82, 2.24) is 4.90 Å². The Hall–Kier alpha value is -3.46. The number of allylic oxidation sites excluding steroid dienone is 1. The van der Waals surface area contributed by atoms with Gasteiger partial charge in [-0.15, -0.1) is 4.40 Å². The molecule has 2 aromatic rings. The summed E-state index contributed by atoms with van der Waals surface area (Å²) < 4.78 is 43.0. The van der Waals surface area contributed by atoms with E-state index in [2.05, 4.69) is 9.71 Å². The number of nitrogens with one attached hydrogen (secondary N) is 1. The van der Waals surface area contributed by atoms with Crippen LogP contribution in [0.25, 0.3) is 0 Å². The molecule has 0 bridgehead atoms. The number of rotatable bonds is 3. The van der Waals surface area contributed by atoms with Crippen molar-refractivity contribution in [2.24, 2.45) is 10.3 Å². The van der Waals surface area contributed by atoms with Gasteiger partial charge in [0, 0.05) is 12.5 Å². The lowest BCUT2D eigenvalue weighted by Gasteiger charge is -2.42. The summed E-state index contributed by atoms with van der Waals surface area (Å²) in [6.45, 7) is 1.95. The SMILES string of the molecule is Cc1ccc2c(c1)S(=O)(=O)N=C(C1=C(O)C3CCC=CC3N(Cc3ccc(F)cc3)C1=O)N2. The number of amidine groups is 1. The normalized spacial score (nSPS) is 23.5. The second-order valence-electron chi connectivity index (χ2n) is 8.46. The van der Waals surface area contributed by atoms with Crippen molar-refractivity contribution in [2.75, 3.05) is 5.32 Å². The maximum atomic E-state index is 13.6. The van der Waals surface area contributed by atoms with Crippen LogP contribution in [-0.2, 0) is 21.4 Å². The minimum atomic E-state index is -4.07. The van der Waals surface area contributed by atoms with Gasteiger partial charge in [0.25, 0.3) is 15.9 Å². The molecule has 2 heterocycles. The number of sulfonamides is 1. The highest BCUT2D eigenvalue weighted by Crippen LogP contribution is 2.38. The molecule has 0 fully saturated rings. The largest absolute Gasteiger partial charge is 0.511 e. The molecule has 1 aliphatic carbocycles. The molecule has 2 atom stereocenters. The van der Waals surface area contributed by atoms with E-state index in [9.17, 15) is 22.7 Å². The number of hydrogen-bond donors (Lipinski definition) is 2. The van der Waals surface area contributed by atoms with Crippen molar-refractivity contribution in [1.29, 1.82) is 0 Å². The lowest BCUT2D eigenvalue weighted by atomic mass is 9.81. The van der Waals surface area contributed by atoms with E-state index < -0.39 is 27.9 Å². The molecular formula is C24H22FN3O4S. The second kappa shape index (κ2) is 7.84. The van der Waals surface area contributed by atoms with Gasteiger partial charge in [-0.1, -0.05) is 30.4 Å². The van der Waals surface area contributed by atoms with Crippen LogP contribution in [0.3, 0.4) is 0 Å². The average molecular weight is 468 g/mol. The van der Waals surface area contributed by atoms with Crippen LogP contribution in [0.1, 0.15) is 24.0 Å². The number of aryl methyl sites for hydroxylation is 1. The molecule has 33 heavy (non-hydrogen) atoms. The van der Waals surface area contributed by atoms with Crippen LogP contribution in [-0.4, -0.2) is 36.2 Å². The van der Waals surface area contributed by atoms with Crippen LogP contribution in [0.5, 0.6) is 0 Å². The third-order valence-electron chi connectivity index (χ3n) is 6.21. The third-order valence-corrected chi connectivity index (χ3v) is 7.53. The predicted octanol–water partition coefficient (Wildman–Crippen LogP) is 3.84. The number of halogens is 1. The summed E-state index contributed by atoms with van der Waals surface area (Å²) >= 11 is 0.